The van der Waals surface area contributed by atoms with Crippen molar-refractivity contribution in [3.63, 3.8) is 0 Å². The van der Waals surface area contributed by atoms with Crippen LogP contribution in [-0.2, 0) is 4.79 Å². The summed E-state index contributed by atoms with van der Waals surface area (Å²) >= 11 is 0. The first-order chi connectivity index (χ1) is 7.00. The largest absolute Gasteiger partial charge is 0.369 e. The van der Waals surface area contributed by atoms with Crippen molar-refractivity contribution < 1.29 is 4.79 Å². The second-order valence-electron chi connectivity index (χ2n) is 5.83. The predicted octanol–water partition coefficient (Wildman–Crippen LogP) is 1.28. The average Bonchev–Trinajstić information content (AvgIpc) is 2.99. The van der Waals surface area contributed by atoms with E-state index in [1.165, 1.54) is 25.7 Å². The Morgan fingerprint density at radius 2 is 1.80 bits per heavy atom. The molecule has 2 aliphatic rings. The Kier molecular flexibility index (Phi) is 2.75. The zero-order chi connectivity index (χ0) is 11.1. The molecule has 0 heterocycles. The molecule has 2 aliphatic carbocycles. The van der Waals surface area contributed by atoms with Gasteiger partial charge in [-0.1, -0.05) is 0 Å². The number of amides is 1. The third-order valence-corrected chi connectivity index (χ3v) is 3.71. The Bertz CT molecular complexity index is 242. The fourth-order valence-electron chi connectivity index (χ4n) is 2.09. The van der Waals surface area contributed by atoms with Gasteiger partial charge in [0.1, 0.15) is 0 Å². The van der Waals surface area contributed by atoms with Crippen LogP contribution in [0.2, 0.25) is 0 Å². The van der Waals surface area contributed by atoms with Crippen LogP contribution in [0.15, 0.2) is 0 Å². The molecule has 2 fully saturated rings. The van der Waals surface area contributed by atoms with Gasteiger partial charge in [-0.15, -0.1) is 0 Å². The topological polar surface area (TPSA) is 55.1 Å². The quantitative estimate of drug-likeness (QED) is 0.694. The molecule has 0 radical (unpaired) electrons. The number of hydrogen-bond acceptors (Lipinski definition) is 2. The number of rotatable bonds is 6. The van der Waals surface area contributed by atoms with Gasteiger partial charge >= 0.3 is 0 Å². The van der Waals surface area contributed by atoms with E-state index in [4.69, 9.17) is 5.73 Å². The lowest BCUT2D eigenvalue weighted by Gasteiger charge is -2.25. The van der Waals surface area contributed by atoms with Gasteiger partial charge in [0.2, 0.25) is 5.91 Å². The van der Waals surface area contributed by atoms with Crippen LogP contribution in [0, 0.1) is 17.3 Å². The Hall–Kier alpha value is -0.570. The van der Waals surface area contributed by atoms with Gasteiger partial charge in [0, 0.05) is 12.6 Å². The lowest BCUT2D eigenvalue weighted by Crippen LogP contribution is -2.45. The summed E-state index contributed by atoms with van der Waals surface area (Å²) in [7, 11) is 0. The summed E-state index contributed by atoms with van der Waals surface area (Å²) in [6, 6.07) is 0.656. The van der Waals surface area contributed by atoms with Gasteiger partial charge in [-0.25, -0.2) is 0 Å². The molecule has 1 amide bonds. The molecule has 0 aromatic heterocycles. The van der Waals surface area contributed by atoms with Crippen LogP contribution >= 0.6 is 0 Å². The first kappa shape index (κ1) is 10.9. The van der Waals surface area contributed by atoms with Gasteiger partial charge in [-0.2, -0.15) is 0 Å². The van der Waals surface area contributed by atoms with Crippen LogP contribution < -0.4 is 11.1 Å². The maximum absolute atomic E-state index is 11.2. The highest BCUT2D eigenvalue weighted by molar-refractivity contribution is 5.80. The van der Waals surface area contributed by atoms with E-state index in [0.29, 0.717) is 6.04 Å². The second-order valence-corrected chi connectivity index (χ2v) is 5.83. The van der Waals surface area contributed by atoms with Gasteiger partial charge in [0.05, 0.1) is 5.41 Å². The van der Waals surface area contributed by atoms with Crippen molar-refractivity contribution in [2.24, 2.45) is 23.0 Å². The summed E-state index contributed by atoms with van der Waals surface area (Å²) in [5, 5.41) is 3.56. The lowest BCUT2D eigenvalue weighted by atomic mass is 9.92. The van der Waals surface area contributed by atoms with Crippen LogP contribution in [0.5, 0.6) is 0 Å². The average molecular weight is 210 g/mol. The molecule has 3 nitrogen and oxygen atoms in total. The molecule has 3 N–H and O–H groups in total. The molecule has 0 saturated heterocycles. The molecule has 3 heteroatoms. The third-order valence-electron chi connectivity index (χ3n) is 3.71. The molecule has 0 unspecified atom stereocenters. The Morgan fingerprint density at radius 1 is 1.33 bits per heavy atom. The Balaban J connectivity index is 1.82. The minimum Gasteiger partial charge on any atom is -0.369 e. The SMILES string of the molecule is CC(C)(CNC(C1CC1)C1CC1)C(N)=O. The first-order valence-corrected chi connectivity index (χ1v) is 6.04. The van der Waals surface area contributed by atoms with Gasteiger partial charge in [0.25, 0.3) is 0 Å². The molecule has 2 rings (SSSR count). The third kappa shape index (κ3) is 2.71. The van der Waals surface area contributed by atoms with Crippen molar-refractivity contribution in [2.45, 2.75) is 45.6 Å². The summed E-state index contributed by atoms with van der Waals surface area (Å²) in [5.41, 5.74) is 4.95. The number of carbonyl (C=O) groups is 1. The van der Waals surface area contributed by atoms with E-state index in [1.807, 2.05) is 13.8 Å². The molecule has 0 aliphatic heterocycles. The standard InChI is InChI=1S/C12H22N2O/c1-12(2,11(13)15)7-14-10(8-3-4-8)9-5-6-9/h8-10,14H,3-7H2,1-2H3,(H2,13,15). The normalized spacial score (nSPS) is 22.1. The van der Waals surface area contributed by atoms with Crippen molar-refractivity contribution in [3.05, 3.63) is 0 Å². The number of nitrogens with one attached hydrogen (secondary N) is 1. The first-order valence-electron chi connectivity index (χ1n) is 6.04. The fraction of sp³-hybridized carbons (Fsp3) is 0.917. The number of hydrogen-bond donors (Lipinski definition) is 2. The van der Waals surface area contributed by atoms with Crippen LogP contribution in [0.4, 0.5) is 0 Å². The number of carbonyl (C=O) groups excluding carboxylic acids is 1. The molecular formula is C12H22N2O. The molecule has 0 aromatic rings. The summed E-state index contributed by atoms with van der Waals surface area (Å²) in [6.45, 7) is 4.55. The summed E-state index contributed by atoms with van der Waals surface area (Å²) in [5.74, 6) is 1.54. The van der Waals surface area contributed by atoms with Crippen molar-refractivity contribution in [1.82, 2.24) is 5.32 Å². The van der Waals surface area contributed by atoms with Crippen LogP contribution in [0.1, 0.15) is 39.5 Å². The van der Waals surface area contributed by atoms with Crippen molar-refractivity contribution in [1.29, 1.82) is 0 Å². The van der Waals surface area contributed by atoms with Crippen molar-refractivity contribution in [3.8, 4) is 0 Å². The summed E-state index contributed by atoms with van der Waals surface area (Å²) < 4.78 is 0. The van der Waals surface area contributed by atoms with E-state index in [0.717, 1.165) is 18.4 Å². The zero-order valence-corrected chi connectivity index (χ0v) is 9.75. The maximum atomic E-state index is 11.2. The van der Waals surface area contributed by atoms with Gasteiger partial charge in [-0.3, -0.25) is 4.79 Å². The molecule has 15 heavy (non-hydrogen) atoms. The van der Waals surface area contributed by atoms with E-state index >= 15 is 0 Å². The summed E-state index contributed by atoms with van der Waals surface area (Å²) in [4.78, 5) is 11.2. The zero-order valence-electron chi connectivity index (χ0n) is 9.75. The van der Waals surface area contributed by atoms with E-state index in [-0.39, 0.29) is 5.91 Å². The van der Waals surface area contributed by atoms with E-state index in [2.05, 4.69) is 5.32 Å². The Labute approximate surface area is 91.8 Å². The Morgan fingerprint density at radius 3 is 2.13 bits per heavy atom. The van der Waals surface area contributed by atoms with Gasteiger partial charge < -0.3 is 11.1 Å². The van der Waals surface area contributed by atoms with E-state index in [9.17, 15) is 4.79 Å². The molecule has 0 spiro atoms. The molecule has 0 atom stereocenters. The highest BCUT2D eigenvalue weighted by atomic mass is 16.1. The van der Waals surface area contributed by atoms with Crippen molar-refractivity contribution >= 4 is 5.91 Å². The van der Waals surface area contributed by atoms with E-state index in [1.54, 1.807) is 0 Å². The highest BCUT2D eigenvalue weighted by Gasteiger charge is 2.42. The smallest absolute Gasteiger partial charge is 0.224 e. The summed E-state index contributed by atoms with van der Waals surface area (Å²) in [6.07, 6.45) is 5.46. The molecule has 86 valence electrons. The monoisotopic (exact) mass is 210 g/mol. The minimum atomic E-state index is -0.415. The molecular weight excluding hydrogens is 188 g/mol. The second kappa shape index (κ2) is 3.78. The molecule has 0 bridgehead atoms. The fourth-order valence-corrected chi connectivity index (χ4v) is 2.09. The van der Waals surface area contributed by atoms with Crippen LogP contribution in [-0.4, -0.2) is 18.5 Å². The van der Waals surface area contributed by atoms with Gasteiger partial charge in [-0.05, 0) is 51.4 Å². The minimum absolute atomic E-state index is 0.208. The van der Waals surface area contributed by atoms with Gasteiger partial charge in [0.15, 0.2) is 0 Å². The lowest BCUT2D eigenvalue weighted by molar-refractivity contribution is -0.125. The van der Waals surface area contributed by atoms with Crippen LogP contribution in [0.3, 0.4) is 0 Å². The number of nitrogens with two attached hydrogens (primary N) is 1. The van der Waals surface area contributed by atoms with Crippen LogP contribution in [0.25, 0.3) is 0 Å². The highest BCUT2D eigenvalue weighted by Crippen LogP contribution is 2.44. The predicted molar refractivity (Wildman–Crippen MR) is 60.2 cm³/mol. The molecule has 0 aromatic carbocycles. The number of primary amides is 1. The molecule has 2 saturated carbocycles. The van der Waals surface area contributed by atoms with Crippen molar-refractivity contribution in [2.75, 3.05) is 6.54 Å². The maximum Gasteiger partial charge on any atom is 0.224 e. The van der Waals surface area contributed by atoms with E-state index < -0.39 is 5.41 Å².